The summed E-state index contributed by atoms with van der Waals surface area (Å²) in [5.41, 5.74) is 2.83. The molecule has 0 spiro atoms. The van der Waals surface area contributed by atoms with Crippen LogP contribution in [-0.4, -0.2) is 17.6 Å². The molecule has 0 bridgehead atoms. The number of aryl methyl sites for hydroxylation is 1. The van der Waals surface area contributed by atoms with E-state index in [4.69, 9.17) is 0 Å². The van der Waals surface area contributed by atoms with E-state index in [1.54, 1.807) is 24.3 Å². The van der Waals surface area contributed by atoms with Gasteiger partial charge in [-0.2, -0.15) is 0 Å². The standard InChI is InChI=1S/C19H20N2O3/c1-3-14-7-9-16(10-8-14)20-18(23)12-19(24)21-17-6-4-5-15(11-17)13(2)22/h4-11H,3,12H2,1-2H3,(H,20,23)(H,21,24). The summed E-state index contributed by atoms with van der Waals surface area (Å²) in [5, 5.41) is 5.31. The van der Waals surface area contributed by atoms with Crippen molar-refractivity contribution in [2.45, 2.75) is 26.7 Å². The first kappa shape index (κ1) is 17.4. The number of Topliss-reactive ketones (excluding diaryl/α,β-unsaturated/α-hetero) is 1. The van der Waals surface area contributed by atoms with Crippen molar-refractivity contribution < 1.29 is 14.4 Å². The fraction of sp³-hybridized carbons (Fsp3) is 0.211. The molecule has 0 aliphatic rings. The number of carbonyl (C=O) groups is 3. The first-order valence-electron chi connectivity index (χ1n) is 7.77. The molecular formula is C19H20N2O3. The van der Waals surface area contributed by atoms with Crippen molar-refractivity contribution in [2.24, 2.45) is 0 Å². The number of benzene rings is 2. The molecule has 0 saturated carbocycles. The third kappa shape index (κ3) is 5.05. The summed E-state index contributed by atoms with van der Waals surface area (Å²) in [6, 6.07) is 14.1. The Balaban J connectivity index is 1.90. The van der Waals surface area contributed by atoms with Gasteiger partial charge >= 0.3 is 0 Å². The molecular weight excluding hydrogens is 304 g/mol. The molecule has 0 saturated heterocycles. The number of hydrogen-bond donors (Lipinski definition) is 2. The number of hydrogen-bond acceptors (Lipinski definition) is 3. The zero-order valence-electron chi connectivity index (χ0n) is 13.8. The van der Waals surface area contributed by atoms with Crippen LogP contribution in [0.2, 0.25) is 0 Å². The lowest BCUT2D eigenvalue weighted by Crippen LogP contribution is -2.21. The normalized spacial score (nSPS) is 10.1. The van der Waals surface area contributed by atoms with Crippen molar-refractivity contribution in [2.75, 3.05) is 10.6 Å². The molecule has 24 heavy (non-hydrogen) atoms. The average Bonchev–Trinajstić information content (AvgIpc) is 2.55. The Morgan fingerprint density at radius 3 is 2.08 bits per heavy atom. The van der Waals surface area contributed by atoms with Crippen LogP contribution in [-0.2, 0) is 16.0 Å². The van der Waals surface area contributed by atoms with Crippen molar-refractivity contribution in [3.05, 3.63) is 59.7 Å². The van der Waals surface area contributed by atoms with Gasteiger partial charge in [0.1, 0.15) is 6.42 Å². The summed E-state index contributed by atoms with van der Waals surface area (Å²) in [5.74, 6) is -0.905. The molecule has 0 aromatic heterocycles. The van der Waals surface area contributed by atoms with Crippen molar-refractivity contribution in [3.8, 4) is 0 Å². The van der Waals surface area contributed by atoms with E-state index < -0.39 is 5.91 Å². The van der Waals surface area contributed by atoms with Gasteiger partial charge < -0.3 is 10.6 Å². The zero-order chi connectivity index (χ0) is 17.5. The molecule has 0 aliphatic heterocycles. The number of carbonyl (C=O) groups excluding carboxylic acids is 3. The van der Waals surface area contributed by atoms with Gasteiger partial charge in [0.2, 0.25) is 11.8 Å². The second-order valence-corrected chi connectivity index (χ2v) is 5.46. The lowest BCUT2D eigenvalue weighted by atomic mass is 10.1. The summed E-state index contributed by atoms with van der Waals surface area (Å²) in [4.78, 5) is 35.2. The van der Waals surface area contributed by atoms with Crippen LogP contribution >= 0.6 is 0 Å². The maximum absolute atomic E-state index is 11.9. The van der Waals surface area contributed by atoms with Crippen molar-refractivity contribution in [3.63, 3.8) is 0 Å². The number of amides is 2. The summed E-state index contributed by atoms with van der Waals surface area (Å²) in [6.45, 7) is 3.51. The maximum Gasteiger partial charge on any atom is 0.233 e. The maximum atomic E-state index is 11.9. The predicted molar refractivity (Wildman–Crippen MR) is 94.1 cm³/mol. The third-order valence-electron chi connectivity index (χ3n) is 3.52. The molecule has 5 nitrogen and oxygen atoms in total. The van der Waals surface area contributed by atoms with Crippen LogP contribution in [0.5, 0.6) is 0 Å². The predicted octanol–water partition coefficient (Wildman–Crippen LogP) is 3.42. The van der Waals surface area contributed by atoms with Gasteiger partial charge in [-0.15, -0.1) is 0 Å². The highest BCUT2D eigenvalue weighted by Gasteiger charge is 2.11. The molecule has 0 aliphatic carbocycles. The molecule has 0 atom stereocenters. The smallest absolute Gasteiger partial charge is 0.233 e. The second-order valence-electron chi connectivity index (χ2n) is 5.46. The first-order chi connectivity index (χ1) is 11.5. The number of rotatable bonds is 6. The average molecular weight is 324 g/mol. The fourth-order valence-corrected chi connectivity index (χ4v) is 2.20. The minimum atomic E-state index is -0.432. The van der Waals surface area contributed by atoms with E-state index >= 15 is 0 Å². The Kier molecular flexibility index (Phi) is 5.84. The number of ketones is 1. The lowest BCUT2D eigenvalue weighted by molar-refractivity contribution is -0.123. The van der Waals surface area contributed by atoms with Crippen molar-refractivity contribution >= 4 is 29.0 Å². The van der Waals surface area contributed by atoms with Crippen LogP contribution in [0.3, 0.4) is 0 Å². The Hall–Kier alpha value is -2.95. The summed E-state index contributed by atoms with van der Waals surface area (Å²) < 4.78 is 0. The highest BCUT2D eigenvalue weighted by molar-refractivity contribution is 6.08. The Bertz CT molecular complexity index is 751. The SMILES string of the molecule is CCc1ccc(NC(=O)CC(=O)Nc2cccc(C(C)=O)c2)cc1. The molecule has 2 aromatic carbocycles. The summed E-state index contributed by atoms with van der Waals surface area (Å²) in [6.07, 6.45) is 0.635. The Morgan fingerprint density at radius 1 is 0.875 bits per heavy atom. The third-order valence-corrected chi connectivity index (χ3v) is 3.52. The fourth-order valence-electron chi connectivity index (χ4n) is 2.20. The van der Waals surface area contributed by atoms with E-state index in [0.717, 1.165) is 6.42 Å². The van der Waals surface area contributed by atoms with Crippen LogP contribution in [0.15, 0.2) is 48.5 Å². The minimum absolute atomic E-state index is 0.0839. The zero-order valence-corrected chi connectivity index (χ0v) is 13.8. The van der Waals surface area contributed by atoms with Gasteiger partial charge in [-0.25, -0.2) is 0 Å². The highest BCUT2D eigenvalue weighted by Crippen LogP contribution is 2.13. The topological polar surface area (TPSA) is 75.3 Å². The van der Waals surface area contributed by atoms with E-state index in [-0.39, 0.29) is 18.1 Å². The van der Waals surface area contributed by atoms with Crippen LogP contribution in [0.25, 0.3) is 0 Å². The van der Waals surface area contributed by atoms with Gasteiger partial charge in [0.15, 0.2) is 5.78 Å². The Morgan fingerprint density at radius 2 is 1.50 bits per heavy atom. The molecule has 2 rings (SSSR count). The van der Waals surface area contributed by atoms with Crippen LogP contribution < -0.4 is 10.6 Å². The lowest BCUT2D eigenvalue weighted by Gasteiger charge is -2.08. The Labute approximate surface area is 141 Å². The highest BCUT2D eigenvalue weighted by atomic mass is 16.2. The first-order valence-corrected chi connectivity index (χ1v) is 7.77. The molecule has 0 radical (unpaired) electrons. The molecule has 124 valence electrons. The quantitative estimate of drug-likeness (QED) is 0.631. The molecule has 0 unspecified atom stereocenters. The van der Waals surface area contributed by atoms with Crippen LogP contribution in [0.4, 0.5) is 11.4 Å². The van der Waals surface area contributed by atoms with E-state index in [9.17, 15) is 14.4 Å². The second kappa shape index (κ2) is 8.06. The monoisotopic (exact) mass is 324 g/mol. The summed E-state index contributed by atoms with van der Waals surface area (Å²) in [7, 11) is 0. The van der Waals surface area contributed by atoms with Gasteiger partial charge in [0.05, 0.1) is 0 Å². The van der Waals surface area contributed by atoms with Gasteiger partial charge in [0.25, 0.3) is 0 Å². The number of anilines is 2. The largest absolute Gasteiger partial charge is 0.326 e. The van der Waals surface area contributed by atoms with Gasteiger partial charge in [-0.05, 0) is 43.2 Å². The van der Waals surface area contributed by atoms with Gasteiger partial charge in [0, 0.05) is 16.9 Å². The van der Waals surface area contributed by atoms with Crippen LogP contribution in [0.1, 0.15) is 36.2 Å². The van der Waals surface area contributed by atoms with E-state index in [1.165, 1.54) is 12.5 Å². The van der Waals surface area contributed by atoms with Crippen LogP contribution in [0, 0.1) is 0 Å². The van der Waals surface area contributed by atoms with Crippen molar-refractivity contribution in [1.82, 2.24) is 0 Å². The minimum Gasteiger partial charge on any atom is -0.326 e. The van der Waals surface area contributed by atoms with E-state index in [1.807, 2.05) is 24.3 Å². The molecule has 2 aromatic rings. The van der Waals surface area contributed by atoms with Crippen molar-refractivity contribution in [1.29, 1.82) is 0 Å². The number of nitrogens with one attached hydrogen (secondary N) is 2. The van der Waals surface area contributed by atoms with Gasteiger partial charge in [-0.3, -0.25) is 14.4 Å². The molecule has 2 N–H and O–H groups in total. The summed E-state index contributed by atoms with van der Waals surface area (Å²) >= 11 is 0. The molecule has 0 heterocycles. The molecule has 0 fully saturated rings. The molecule has 2 amide bonds. The molecule has 5 heteroatoms. The van der Waals surface area contributed by atoms with E-state index in [0.29, 0.717) is 16.9 Å². The van der Waals surface area contributed by atoms with Gasteiger partial charge in [-0.1, -0.05) is 31.2 Å². The van der Waals surface area contributed by atoms with E-state index in [2.05, 4.69) is 17.6 Å².